The number of hydrogen-bond donors (Lipinski definition) is 1. The molecule has 0 bridgehead atoms. The molecular weight excluding hydrogens is 388 g/mol. The number of aromatic amines is 1. The summed E-state index contributed by atoms with van der Waals surface area (Å²) >= 11 is 0. The standard InChI is InChI=1S/C24H32N6O/c1-15-7-6-10-29(14-15)22(23-26-27-28-30(23)18-8-4-5-9-18)20-13-19-17(3)11-16(2)12-21(19)25-24(20)31/h11-13,15,18,22H,4-10,14H2,1-3H3,(H,25,31)/t15-,22-/m0/s1. The number of nitrogens with one attached hydrogen (secondary N) is 1. The van der Waals surface area contributed by atoms with Gasteiger partial charge >= 0.3 is 0 Å². The first-order valence-electron chi connectivity index (χ1n) is 11.7. The number of aromatic nitrogens is 5. The van der Waals surface area contributed by atoms with E-state index in [2.05, 4.69) is 58.3 Å². The number of aryl methyl sites for hydroxylation is 2. The van der Waals surface area contributed by atoms with Gasteiger partial charge in [0.05, 0.1) is 6.04 Å². The predicted molar refractivity (Wildman–Crippen MR) is 121 cm³/mol. The number of benzene rings is 1. The summed E-state index contributed by atoms with van der Waals surface area (Å²) in [5.41, 5.74) is 3.94. The molecule has 2 fully saturated rings. The molecule has 0 spiro atoms. The van der Waals surface area contributed by atoms with Crippen LogP contribution in [0.3, 0.4) is 0 Å². The van der Waals surface area contributed by atoms with Gasteiger partial charge in [-0.3, -0.25) is 9.69 Å². The quantitative estimate of drug-likeness (QED) is 0.688. The van der Waals surface area contributed by atoms with Gasteiger partial charge in [0.1, 0.15) is 6.04 Å². The molecule has 1 N–H and O–H groups in total. The molecule has 2 atom stereocenters. The smallest absolute Gasteiger partial charge is 0.253 e. The number of hydrogen-bond acceptors (Lipinski definition) is 5. The lowest BCUT2D eigenvalue weighted by molar-refractivity contribution is 0.139. The molecule has 31 heavy (non-hydrogen) atoms. The maximum atomic E-state index is 13.4. The molecule has 1 aromatic carbocycles. The summed E-state index contributed by atoms with van der Waals surface area (Å²) in [5.74, 6) is 1.41. The van der Waals surface area contributed by atoms with Crippen LogP contribution in [0.1, 0.15) is 80.0 Å². The second kappa shape index (κ2) is 8.19. The van der Waals surface area contributed by atoms with Gasteiger partial charge in [0.25, 0.3) is 5.56 Å². The SMILES string of the molecule is Cc1cc(C)c2cc([C@@H](c3nnnn3C3CCCC3)N3CCC[C@H](C)C3)c(=O)[nH]c2c1. The molecule has 1 saturated heterocycles. The van der Waals surface area contributed by atoms with Crippen LogP contribution in [0.2, 0.25) is 0 Å². The Bertz CT molecular complexity index is 1140. The van der Waals surface area contributed by atoms with E-state index in [0.717, 1.165) is 60.2 Å². The normalized spacial score (nSPS) is 21.7. The van der Waals surface area contributed by atoms with Crippen LogP contribution >= 0.6 is 0 Å². The van der Waals surface area contributed by atoms with E-state index in [9.17, 15) is 4.79 Å². The summed E-state index contributed by atoms with van der Waals surface area (Å²) in [7, 11) is 0. The number of nitrogens with zero attached hydrogens (tertiary/aromatic N) is 5. The summed E-state index contributed by atoms with van der Waals surface area (Å²) < 4.78 is 2.02. The monoisotopic (exact) mass is 420 g/mol. The molecular formula is C24H32N6O. The Balaban J connectivity index is 1.67. The Morgan fingerprint density at radius 2 is 1.90 bits per heavy atom. The largest absolute Gasteiger partial charge is 0.322 e. The van der Waals surface area contributed by atoms with Crippen molar-refractivity contribution >= 4 is 10.9 Å². The number of tetrazole rings is 1. The molecule has 7 nitrogen and oxygen atoms in total. The van der Waals surface area contributed by atoms with E-state index in [-0.39, 0.29) is 11.6 Å². The van der Waals surface area contributed by atoms with Gasteiger partial charge in [-0.25, -0.2) is 4.68 Å². The van der Waals surface area contributed by atoms with Gasteiger partial charge in [-0.1, -0.05) is 25.8 Å². The zero-order valence-corrected chi connectivity index (χ0v) is 18.8. The Morgan fingerprint density at radius 3 is 2.68 bits per heavy atom. The molecule has 1 aliphatic carbocycles. The van der Waals surface area contributed by atoms with Crippen LogP contribution in [-0.2, 0) is 0 Å². The van der Waals surface area contributed by atoms with Crippen molar-refractivity contribution in [2.75, 3.05) is 13.1 Å². The minimum absolute atomic E-state index is 0.0401. The van der Waals surface area contributed by atoms with Gasteiger partial charge in [0.15, 0.2) is 5.82 Å². The van der Waals surface area contributed by atoms with Gasteiger partial charge in [0, 0.05) is 23.0 Å². The minimum Gasteiger partial charge on any atom is -0.322 e. The Labute approximate surface area is 182 Å². The van der Waals surface area contributed by atoms with E-state index in [1.807, 2.05) is 10.7 Å². The summed E-state index contributed by atoms with van der Waals surface area (Å²) in [6.07, 6.45) is 6.99. The van der Waals surface area contributed by atoms with E-state index in [4.69, 9.17) is 0 Å². The van der Waals surface area contributed by atoms with Gasteiger partial charge in [0.2, 0.25) is 0 Å². The van der Waals surface area contributed by atoms with Gasteiger partial charge in [-0.15, -0.1) is 5.10 Å². The molecule has 7 heteroatoms. The fourth-order valence-corrected chi connectivity index (χ4v) is 5.64. The van der Waals surface area contributed by atoms with Crippen LogP contribution in [0.25, 0.3) is 10.9 Å². The van der Waals surface area contributed by atoms with Crippen LogP contribution in [0.4, 0.5) is 0 Å². The van der Waals surface area contributed by atoms with Crippen molar-refractivity contribution < 1.29 is 0 Å². The molecule has 3 heterocycles. The van der Waals surface area contributed by atoms with Gasteiger partial charge < -0.3 is 4.98 Å². The van der Waals surface area contributed by atoms with Gasteiger partial charge in [-0.05, 0) is 85.7 Å². The van der Waals surface area contributed by atoms with Crippen molar-refractivity contribution in [1.29, 1.82) is 0 Å². The van der Waals surface area contributed by atoms with Crippen LogP contribution < -0.4 is 5.56 Å². The number of likely N-dealkylation sites (tertiary alicyclic amines) is 1. The average molecular weight is 421 g/mol. The summed E-state index contributed by atoms with van der Waals surface area (Å²) in [6, 6.07) is 6.41. The second-order valence-electron chi connectivity index (χ2n) is 9.66. The molecule has 0 amide bonds. The maximum absolute atomic E-state index is 13.4. The van der Waals surface area contributed by atoms with Crippen LogP contribution in [-0.4, -0.2) is 43.2 Å². The topological polar surface area (TPSA) is 79.7 Å². The van der Waals surface area contributed by atoms with Crippen molar-refractivity contribution in [2.45, 2.75) is 71.4 Å². The minimum atomic E-state index is -0.229. The summed E-state index contributed by atoms with van der Waals surface area (Å²) in [6.45, 7) is 8.37. The lowest BCUT2D eigenvalue weighted by Crippen LogP contribution is -2.41. The molecule has 2 aromatic heterocycles. The number of H-pyrrole nitrogens is 1. The fourth-order valence-electron chi connectivity index (χ4n) is 5.64. The van der Waals surface area contributed by atoms with Crippen LogP contribution in [0.15, 0.2) is 23.0 Å². The number of piperidine rings is 1. The lowest BCUT2D eigenvalue weighted by Gasteiger charge is -2.36. The first-order chi connectivity index (χ1) is 15.0. The second-order valence-corrected chi connectivity index (χ2v) is 9.66. The number of fused-ring (bicyclic) bond motifs is 1. The van der Waals surface area contributed by atoms with Crippen LogP contribution in [0, 0.1) is 19.8 Å². The number of rotatable bonds is 4. The molecule has 0 radical (unpaired) electrons. The van der Waals surface area contributed by atoms with Crippen molar-refractivity contribution in [3.05, 3.63) is 51.1 Å². The highest BCUT2D eigenvalue weighted by Crippen LogP contribution is 2.35. The van der Waals surface area contributed by atoms with E-state index in [1.54, 1.807) is 0 Å². The van der Waals surface area contributed by atoms with E-state index < -0.39 is 0 Å². The molecule has 0 unspecified atom stereocenters. The number of pyridine rings is 1. The zero-order chi connectivity index (χ0) is 21.5. The third-order valence-electron chi connectivity index (χ3n) is 7.12. The first kappa shape index (κ1) is 20.4. The Morgan fingerprint density at radius 1 is 1.10 bits per heavy atom. The van der Waals surface area contributed by atoms with Crippen molar-refractivity contribution in [2.24, 2.45) is 5.92 Å². The summed E-state index contributed by atoms with van der Waals surface area (Å²) in [4.78, 5) is 19.0. The highest BCUT2D eigenvalue weighted by Gasteiger charge is 2.34. The highest BCUT2D eigenvalue weighted by atomic mass is 16.1. The van der Waals surface area contributed by atoms with Crippen molar-refractivity contribution in [1.82, 2.24) is 30.1 Å². The van der Waals surface area contributed by atoms with E-state index in [0.29, 0.717) is 12.0 Å². The third kappa shape index (κ3) is 3.80. The molecule has 1 aliphatic heterocycles. The lowest BCUT2D eigenvalue weighted by atomic mass is 9.95. The van der Waals surface area contributed by atoms with Crippen molar-refractivity contribution in [3.63, 3.8) is 0 Å². The average Bonchev–Trinajstić information content (AvgIpc) is 3.40. The molecule has 5 rings (SSSR count). The van der Waals surface area contributed by atoms with Gasteiger partial charge in [-0.2, -0.15) is 0 Å². The molecule has 3 aromatic rings. The third-order valence-corrected chi connectivity index (χ3v) is 7.12. The zero-order valence-electron chi connectivity index (χ0n) is 18.8. The van der Waals surface area contributed by atoms with E-state index in [1.165, 1.54) is 24.8 Å². The van der Waals surface area contributed by atoms with Crippen molar-refractivity contribution in [3.8, 4) is 0 Å². The Hall–Kier alpha value is -2.54. The summed E-state index contributed by atoms with van der Waals surface area (Å²) in [5, 5.41) is 14.1. The Kier molecular flexibility index (Phi) is 5.38. The molecule has 164 valence electrons. The molecule has 2 aliphatic rings. The van der Waals surface area contributed by atoms with Crippen LogP contribution in [0.5, 0.6) is 0 Å². The van der Waals surface area contributed by atoms with E-state index >= 15 is 0 Å². The molecule has 1 saturated carbocycles. The fraction of sp³-hybridized carbons (Fsp3) is 0.583. The highest BCUT2D eigenvalue weighted by molar-refractivity contribution is 5.83. The first-order valence-corrected chi connectivity index (χ1v) is 11.7. The predicted octanol–water partition coefficient (Wildman–Crippen LogP) is 4.07. The maximum Gasteiger partial charge on any atom is 0.253 e.